The molecule has 0 N–H and O–H groups in total. The van der Waals surface area contributed by atoms with Gasteiger partial charge < -0.3 is 14.4 Å². The summed E-state index contributed by atoms with van der Waals surface area (Å²) in [5.74, 6) is 1.12. The van der Waals surface area contributed by atoms with Crippen molar-refractivity contribution in [2.45, 2.75) is 57.5 Å². The lowest BCUT2D eigenvalue weighted by atomic mass is 9.85. The minimum Gasteiger partial charge on any atom is -0.473 e. The molecule has 10 heteroatoms. The molecule has 1 fully saturated rings. The fourth-order valence-corrected chi connectivity index (χ4v) is 5.17. The average molecular weight is 511 g/mol. The molecule has 3 heterocycles. The van der Waals surface area contributed by atoms with Crippen LogP contribution in [-0.2, 0) is 19.3 Å². The van der Waals surface area contributed by atoms with E-state index in [2.05, 4.69) is 16.8 Å². The van der Waals surface area contributed by atoms with Crippen molar-refractivity contribution in [2.75, 3.05) is 11.4 Å². The van der Waals surface area contributed by atoms with Crippen molar-refractivity contribution in [1.29, 1.82) is 5.26 Å². The second-order valence-corrected chi connectivity index (χ2v) is 9.37. The summed E-state index contributed by atoms with van der Waals surface area (Å²) in [5.41, 5.74) is -0.482. The van der Waals surface area contributed by atoms with E-state index >= 15 is 0 Å². The van der Waals surface area contributed by atoms with Gasteiger partial charge in [-0.25, -0.2) is 4.79 Å². The number of piperidine rings is 1. The van der Waals surface area contributed by atoms with E-state index in [0.717, 1.165) is 50.2 Å². The van der Waals surface area contributed by atoms with Gasteiger partial charge in [0.1, 0.15) is 30.0 Å². The molecule has 1 unspecified atom stereocenters. The van der Waals surface area contributed by atoms with Gasteiger partial charge in [0, 0.05) is 12.6 Å². The van der Waals surface area contributed by atoms with Gasteiger partial charge in [0.25, 0.3) is 0 Å². The minimum absolute atomic E-state index is 0.0287. The van der Waals surface area contributed by atoms with Crippen LogP contribution in [0.1, 0.15) is 49.3 Å². The molecule has 7 nitrogen and oxygen atoms in total. The van der Waals surface area contributed by atoms with Gasteiger partial charge in [0.05, 0.1) is 23.2 Å². The van der Waals surface area contributed by atoms with Crippen molar-refractivity contribution in [3.05, 3.63) is 75.7 Å². The van der Waals surface area contributed by atoms with Gasteiger partial charge in [-0.15, -0.1) is 0 Å². The number of benzene rings is 2. The third-order valence-corrected chi connectivity index (χ3v) is 7.14. The van der Waals surface area contributed by atoms with Gasteiger partial charge in [0.15, 0.2) is 0 Å². The Morgan fingerprint density at radius 3 is 2.76 bits per heavy atom. The predicted molar refractivity (Wildman–Crippen MR) is 130 cm³/mol. The maximum Gasteiger partial charge on any atom is 0.416 e. The molecule has 2 aliphatic rings. The number of hydrogen-bond donors (Lipinski definition) is 0. The Hall–Kier alpha value is -4.00. The Bertz CT molecular complexity index is 1430. The van der Waals surface area contributed by atoms with Gasteiger partial charge in [-0.1, -0.05) is 19.1 Å². The molecule has 0 saturated carbocycles. The van der Waals surface area contributed by atoms with Crippen LogP contribution >= 0.6 is 0 Å². The molecule has 0 bridgehead atoms. The van der Waals surface area contributed by atoms with Crippen molar-refractivity contribution < 1.29 is 22.6 Å². The first-order valence-electron chi connectivity index (χ1n) is 12.1. The van der Waals surface area contributed by atoms with Crippen molar-refractivity contribution in [1.82, 2.24) is 9.55 Å². The molecule has 37 heavy (non-hydrogen) atoms. The maximum absolute atomic E-state index is 13.0. The van der Waals surface area contributed by atoms with Gasteiger partial charge in [-0.3, -0.25) is 4.57 Å². The molecular formula is C27H25F3N4O3. The summed E-state index contributed by atoms with van der Waals surface area (Å²) in [6.07, 6.45) is -0.319. The standard InChI is InChI=1S/C27H25F3N4O3/c1-2-26-10-3-4-11-34(26)24-14-23(32-25(35)33(24)17-26)36-16-18-8-9-22(19(12-18)15-31)37-21-7-5-6-20(13-21)27(28,29)30/h5-9,12-14H,2-4,10-11,16-17H2,1H3. The number of anilines is 1. The van der Waals surface area contributed by atoms with E-state index in [1.54, 1.807) is 16.7 Å². The van der Waals surface area contributed by atoms with E-state index in [-0.39, 0.29) is 40.8 Å². The van der Waals surface area contributed by atoms with Crippen molar-refractivity contribution in [3.8, 4) is 23.4 Å². The Morgan fingerprint density at radius 2 is 2.00 bits per heavy atom. The third kappa shape index (κ3) is 4.73. The molecule has 2 aliphatic heterocycles. The highest BCUT2D eigenvalue weighted by atomic mass is 19.4. The smallest absolute Gasteiger partial charge is 0.416 e. The lowest BCUT2D eigenvalue weighted by molar-refractivity contribution is -0.137. The van der Waals surface area contributed by atoms with Gasteiger partial charge >= 0.3 is 11.9 Å². The molecule has 1 saturated heterocycles. The number of aromatic nitrogens is 2. The van der Waals surface area contributed by atoms with E-state index in [1.807, 2.05) is 6.07 Å². The number of alkyl halides is 3. The Kier molecular flexibility index (Phi) is 6.31. The molecule has 0 radical (unpaired) electrons. The third-order valence-electron chi connectivity index (χ3n) is 7.14. The largest absolute Gasteiger partial charge is 0.473 e. The molecule has 0 spiro atoms. The predicted octanol–water partition coefficient (Wildman–Crippen LogP) is 5.66. The van der Waals surface area contributed by atoms with Crippen LogP contribution in [0.3, 0.4) is 0 Å². The minimum atomic E-state index is -4.50. The van der Waals surface area contributed by atoms with Crippen molar-refractivity contribution >= 4 is 5.82 Å². The van der Waals surface area contributed by atoms with Crippen LogP contribution in [0.4, 0.5) is 19.0 Å². The molecule has 3 aromatic rings. The zero-order valence-corrected chi connectivity index (χ0v) is 20.2. The second-order valence-electron chi connectivity index (χ2n) is 9.37. The molecule has 0 amide bonds. The molecule has 2 aromatic carbocycles. The van der Waals surface area contributed by atoms with Crippen LogP contribution in [0.5, 0.6) is 17.4 Å². The monoisotopic (exact) mass is 510 g/mol. The summed E-state index contributed by atoms with van der Waals surface area (Å²) in [6.45, 7) is 3.71. The normalized spacial score (nSPS) is 18.6. The zero-order valence-electron chi connectivity index (χ0n) is 20.2. The number of nitriles is 1. The zero-order chi connectivity index (χ0) is 26.2. The van der Waals surface area contributed by atoms with Gasteiger partial charge in [-0.2, -0.15) is 23.4 Å². The van der Waals surface area contributed by atoms with Gasteiger partial charge in [-0.05, 0) is 61.6 Å². The molecule has 192 valence electrons. The SMILES string of the molecule is CCC12CCCCN1c1cc(OCc3ccc(Oc4cccc(C(F)(F)F)c4)c(C#N)c3)nc(=O)n1C2. The van der Waals surface area contributed by atoms with Gasteiger partial charge in [0.2, 0.25) is 5.88 Å². The number of halogens is 3. The molecular weight excluding hydrogens is 485 g/mol. The van der Waals surface area contributed by atoms with Crippen LogP contribution < -0.4 is 20.1 Å². The lowest BCUT2D eigenvalue weighted by Gasteiger charge is -2.42. The van der Waals surface area contributed by atoms with E-state index < -0.39 is 11.7 Å². The van der Waals surface area contributed by atoms with Crippen LogP contribution in [0.15, 0.2) is 53.3 Å². The maximum atomic E-state index is 13.0. The highest BCUT2D eigenvalue weighted by Crippen LogP contribution is 2.42. The summed E-state index contributed by atoms with van der Waals surface area (Å²) in [6, 6.07) is 13.0. The fourth-order valence-electron chi connectivity index (χ4n) is 5.17. The number of hydrogen-bond acceptors (Lipinski definition) is 6. The van der Waals surface area contributed by atoms with E-state index in [9.17, 15) is 23.2 Å². The summed E-state index contributed by atoms with van der Waals surface area (Å²) >= 11 is 0. The highest BCUT2D eigenvalue weighted by molar-refractivity contribution is 5.51. The highest BCUT2D eigenvalue weighted by Gasteiger charge is 2.44. The number of nitrogens with zero attached hydrogens (tertiary/aromatic N) is 4. The van der Waals surface area contributed by atoms with Crippen LogP contribution in [0, 0.1) is 11.3 Å². The van der Waals surface area contributed by atoms with E-state index in [4.69, 9.17) is 9.47 Å². The fraction of sp³-hybridized carbons (Fsp3) is 0.370. The Labute approximate surface area is 211 Å². The number of ether oxygens (including phenoxy) is 2. The first-order valence-corrected chi connectivity index (χ1v) is 12.1. The van der Waals surface area contributed by atoms with Crippen LogP contribution in [0.25, 0.3) is 0 Å². The van der Waals surface area contributed by atoms with Crippen molar-refractivity contribution in [2.24, 2.45) is 0 Å². The summed E-state index contributed by atoms with van der Waals surface area (Å²) in [5, 5.41) is 9.58. The summed E-state index contributed by atoms with van der Waals surface area (Å²) in [7, 11) is 0. The molecule has 1 atom stereocenters. The number of rotatable bonds is 6. The first kappa shape index (κ1) is 24.7. The molecule has 1 aromatic heterocycles. The Morgan fingerprint density at radius 1 is 1.16 bits per heavy atom. The topological polar surface area (TPSA) is 80.4 Å². The number of fused-ring (bicyclic) bond motifs is 3. The lowest BCUT2D eigenvalue weighted by Crippen LogP contribution is -2.49. The first-order chi connectivity index (χ1) is 17.7. The average Bonchev–Trinajstić information content (AvgIpc) is 3.23. The summed E-state index contributed by atoms with van der Waals surface area (Å²) < 4.78 is 52.1. The van der Waals surface area contributed by atoms with E-state index in [1.165, 1.54) is 24.3 Å². The second kappa shape index (κ2) is 9.47. The van der Waals surface area contributed by atoms with Crippen LogP contribution in [0.2, 0.25) is 0 Å². The summed E-state index contributed by atoms with van der Waals surface area (Å²) in [4.78, 5) is 19.2. The molecule has 5 rings (SSSR count). The van der Waals surface area contributed by atoms with Crippen molar-refractivity contribution in [3.63, 3.8) is 0 Å². The Balaban J connectivity index is 1.32. The quantitative estimate of drug-likeness (QED) is 0.426. The van der Waals surface area contributed by atoms with Crippen LogP contribution in [-0.4, -0.2) is 21.6 Å². The molecule has 0 aliphatic carbocycles. The van der Waals surface area contributed by atoms with E-state index in [0.29, 0.717) is 12.1 Å².